The fourth-order valence-electron chi connectivity index (χ4n) is 2.57. The van der Waals surface area contributed by atoms with Gasteiger partial charge in [-0.3, -0.25) is 4.79 Å². The highest BCUT2D eigenvalue weighted by molar-refractivity contribution is 7.89. The molecule has 0 unspecified atom stereocenters. The molecule has 1 aliphatic rings. The Bertz CT molecular complexity index is 813. The van der Waals surface area contributed by atoms with E-state index in [0.29, 0.717) is 12.8 Å². The van der Waals surface area contributed by atoms with E-state index in [4.69, 9.17) is 10.5 Å². The summed E-state index contributed by atoms with van der Waals surface area (Å²) in [6.45, 7) is 0.537. The highest BCUT2D eigenvalue weighted by Crippen LogP contribution is 2.23. The van der Waals surface area contributed by atoms with Gasteiger partial charge >= 0.3 is 0 Å². The molecule has 24 heavy (non-hydrogen) atoms. The predicted octanol–water partition coefficient (Wildman–Crippen LogP) is 0.136. The van der Waals surface area contributed by atoms with Crippen molar-refractivity contribution in [3.63, 3.8) is 0 Å². The van der Waals surface area contributed by atoms with Crippen LogP contribution in [0.1, 0.15) is 23.3 Å². The van der Waals surface area contributed by atoms with E-state index in [1.165, 1.54) is 4.31 Å². The molecular weight excluding hydrogens is 334 g/mol. The summed E-state index contributed by atoms with van der Waals surface area (Å²) in [6.07, 6.45) is 1.02. The molecule has 10 heteroatoms. The normalized spacial score (nSPS) is 16.8. The Kier molecular flexibility index (Phi) is 4.49. The summed E-state index contributed by atoms with van der Waals surface area (Å²) in [7, 11) is -3.92. The lowest BCUT2D eigenvalue weighted by Crippen LogP contribution is -2.42. The zero-order chi connectivity index (χ0) is 17.2. The van der Waals surface area contributed by atoms with Crippen LogP contribution in [0.3, 0.4) is 0 Å². The van der Waals surface area contributed by atoms with Crippen molar-refractivity contribution in [3.8, 4) is 5.75 Å². The van der Waals surface area contributed by atoms with Gasteiger partial charge in [-0.25, -0.2) is 8.42 Å². The van der Waals surface area contributed by atoms with Crippen molar-refractivity contribution in [2.75, 3.05) is 13.1 Å². The molecule has 0 aliphatic carbocycles. The Balaban J connectivity index is 1.67. The monoisotopic (exact) mass is 351 g/mol. The number of rotatable bonds is 5. The number of aromatic nitrogens is 3. The zero-order valence-electron chi connectivity index (χ0n) is 12.8. The minimum absolute atomic E-state index is 0.0632. The van der Waals surface area contributed by atoms with Crippen LogP contribution in [0.15, 0.2) is 35.4 Å². The number of benzene rings is 1. The molecule has 9 nitrogen and oxygen atoms in total. The summed E-state index contributed by atoms with van der Waals surface area (Å²) in [5, 5.41) is 8.78. The Morgan fingerprint density at radius 1 is 1.21 bits per heavy atom. The molecular formula is C14H17N5O4S. The van der Waals surface area contributed by atoms with Crippen molar-refractivity contribution >= 4 is 15.9 Å². The van der Waals surface area contributed by atoms with E-state index in [1.807, 2.05) is 30.3 Å². The van der Waals surface area contributed by atoms with E-state index in [9.17, 15) is 13.2 Å². The number of sulfonamides is 1. The largest absolute Gasteiger partial charge is 0.490 e. The third-order valence-electron chi connectivity index (χ3n) is 3.78. The number of aromatic amines is 1. The van der Waals surface area contributed by atoms with Crippen LogP contribution in [0, 0.1) is 0 Å². The zero-order valence-corrected chi connectivity index (χ0v) is 13.6. The molecule has 1 saturated heterocycles. The Hall–Kier alpha value is -2.46. The van der Waals surface area contributed by atoms with Gasteiger partial charge in [-0.1, -0.05) is 18.2 Å². The first-order valence-corrected chi connectivity index (χ1v) is 8.85. The molecule has 3 N–H and O–H groups in total. The van der Waals surface area contributed by atoms with Crippen LogP contribution in [-0.4, -0.2) is 53.2 Å². The summed E-state index contributed by atoms with van der Waals surface area (Å²) in [5.41, 5.74) is 4.75. The average molecular weight is 351 g/mol. The van der Waals surface area contributed by atoms with Gasteiger partial charge in [0.2, 0.25) is 5.03 Å². The first-order valence-electron chi connectivity index (χ1n) is 7.41. The molecule has 3 rings (SSSR count). The van der Waals surface area contributed by atoms with Crippen LogP contribution < -0.4 is 10.5 Å². The third-order valence-corrected chi connectivity index (χ3v) is 5.60. The smallest absolute Gasteiger partial charge is 0.272 e. The second kappa shape index (κ2) is 6.57. The SMILES string of the molecule is NC(=O)c1n[nH]nc1S(=O)(=O)N1CCC(Oc2ccccc2)CC1. The lowest BCUT2D eigenvalue weighted by atomic mass is 10.1. The number of carbonyl (C=O) groups is 1. The van der Waals surface area contributed by atoms with Crippen molar-refractivity contribution in [3.05, 3.63) is 36.0 Å². The number of nitrogens with one attached hydrogen (secondary N) is 1. The maximum atomic E-state index is 12.6. The van der Waals surface area contributed by atoms with Crippen molar-refractivity contribution in [1.29, 1.82) is 0 Å². The van der Waals surface area contributed by atoms with Crippen molar-refractivity contribution in [2.45, 2.75) is 24.0 Å². The van der Waals surface area contributed by atoms with E-state index in [2.05, 4.69) is 15.4 Å². The fraction of sp³-hybridized carbons (Fsp3) is 0.357. The molecule has 1 aromatic carbocycles. The number of hydrogen-bond donors (Lipinski definition) is 2. The van der Waals surface area contributed by atoms with Crippen LogP contribution in [0.5, 0.6) is 5.75 Å². The van der Waals surface area contributed by atoms with Gasteiger partial charge in [0.25, 0.3) is 15.9 Å². The minimum atomic E-state index is -3.92. The van der Waals surface area contributed by atoms with Gasteiger partial charge < -0.3 is 10.5 Å². The lowest BCUT2D eigenvalue weighted by Gasteiger charge is -2.30. The van der Waals surface area contributed by atoms with Gasteiger partial charge in [0, 0.05) is 13.1 Å². The predicted molar refractivity (Wildman–Crippen MR) is 83.8 cm³/mol. The molecule has 0 radical (unpaired) electrons. The van der Waals surface area contributed by atoms with E-state index >= 15 is 0 Å². The Morgan fingerprint density at radius 3 is 2.50 bits per heavy atom. The van der Waals surface area contributed by atoms with Crippen molar-refractivity contribution < 1.29 is 17.9 Å². The second-order valence-corrected chi connectivity index (χ2v) is 7.23. The van der Waals surface area contributed by atoms with Gasteiger partial charge in [-0.05, 0) is 25.0 Å². The van der Waals surface area contributed by atoms with Gasteiger partial charge in [0.1, 0.15) is 11.9 Å². The number of nitrogens with zero attached hydrogens (tertiary/aromatic N) is 3. The number of nitrogens with two attached hydrogens (primary N) is 1. The number of carbonyl (C=O) groups excluding carboxylic acids is 1. The number of hydrogen-bond acceptors (Lipinski definition) is 6. The molecule has 1 amide bonds. The van der Waals surface area contributed by atoms with Gasteiger partial charge in [-0.2, -0.15) is 9.52 Å². The maximum Gasteiger partial charge on any atom is 0.272 e. The topological polar surface area (TPSA) is 131 Å². The average Bonchev–Trinajstić information content (AvgIpc) is 3.07. The highest BCUT2D eigenvalue weighted by atomic mass is 32.2. The molecule has 128 valence electrons. The molecule has 2 heterocycles. The number of primary amides is 1. The van der Waals surface area contributed by atoms with Crippen molar-refractivity contribution in [1.82, 2.24) is 19.7 Å². The third kappa shape index (κ3) is 3.24. The second-order valence-electron chi connectivity index (χ2n) is 5.38. The van der Waals surface area contributed by atoms with E-state index in [0.717, 1.165) is 5.75 Å². The molecule has 0 spiro atoms. The summed E-state index contributed by atoms with van der Waals surface area (Å²) in [6, 6.07) is 9.38. The highest BCUT2D eigenvalue weighted by Gasteiger charge is 2.35. The number of amides is 1. The maximum absolute atomic E-state index is 12.6. The molecule has 0 atom stereocenters. The van der Waals surface area contributed by atoms with Crippen LogP contribution in [-0.2, 0) is 10.0 Å². The molecule has 1 aliphatic heterocycles. The number of piperidine rings is 1. The molecule has 0 bridgehead atoms. The van der Waals surface area contributed by atoms with Crippen LogP contribution in [0.4, 0.5) is 0 Å². The molecule has 1 aromatic heterocycles. The van der Waals surface area contributed by atoms with E-state index in [-0.39, 0.29) is 24.9 Å². The standard InChI is InChI=1S/C14H17N5O4S/c15-13(20)12-14(17-18-16-12)24(21,22)19-8-6-11(7-9-19)23-10-4-2-1-3-5-10/h1-5,11H,6-9H2,(H2,15,20)(H,16,17,18). The van der Waals surface area contributed by atoms with Gasteiger partial charge in [0.05, 0.1) is 0 Å². The quantitative estimate of drug-likeness (QED) is 0.787. The molecule has 1 fully saturated rings. The molecule has 0 saturated carbocycles. The van der Waals surface area contributed by atoms with Gasteiger partial charge in [-0.15, -0.1) is 10.2 Å². The van der Waals surface area contributed by atoms with Crippen molar-refractivity contribution in [2.24, 2.45) is 5.73 Å². The summed E-state index contributed by atoms with van der Waals surface area (Å²) in [5.74, 6) is -0.184. The molecule has 2 aromatic rings. The first kappa shape index (κ1) is 16.4. The van der Waals surface area contributed by atoms with Gasteiger partial charge in [0.15, 0.2) is 5.69 Å². The minimum Gasteiger partial charge on any atom is -0.490 e. The summed E-state index contributed by atoms with van der Waals surface area (Å²) in [4.78, 5) is 11.3. The van der Waals surface area contributed by atoms with Crippen LogP contribution >= 0.6 is 0 Å². The summed E-state index contributed by atoms with van der Waals surface area (Å²) >= 11 is 0. The van der Waals surface area contributed by atoms with Crippen LogP contribution in [0.2, 0.25) is 0 Å². The van der Waals surface area contributed by atoms with Crippen LogP contribution in [0.25, 0.3) is 0 Å². The number of ether oxygens (including phenoxy) is 1. The number of H-pyrrole nitrogens is 1. The number of para-hydroxylation sites is 1. The fourth-order valence-corrected chi connectivity index (χ4v) is 4.05. The summed E-state index contributed by atoms with van der Waals surface area (Å²) < 4.78 is 32.3. The Morgan fingerprint density at radius 2 is 1.88 bits per heavy atom. The lowest BCUT2D eigenvalue weighted by molar-refractivity contribution is 0.0991. The first-order chi connectivity index (χ1) is 11.5. The Labute approximate surface area is 138 Å². The van der Waals surface area contributed by atoms with E-state index in [1.54, 1.807) is 0 Å². The van der Waals surface area contributed by atoms with E-state index < -0.39 is 21.0 Å².